The van der Waals surface area contributed by atoms with Crippen LogP contribution in [0.2, 0.25) is 0 Å². The van der Waals surface area contributed by atoms with E-state index >= 15 is 0 Å². The van der Waals surface area contributed by atoms with Crippen LogP contribution in [0, 0.1) is 0 Å². The fraction of sp³-hybridized carbons (Fsp3) is 0. The molecule has 0 unspecified atom stereocenters. The Balaban J connectivity index is 1.40. The summed E-state index contributed by atoms with van der Waals surface area (Å²) in [6.07, 6.45) is 0. The molecular formula is C46H26O. The molecule has 0 saturated carbocycles. The first-order valence-corrected chi connectivity index (χ1v) is 14.2. The number of hydrogen-bond acceptors (Lipinski definition) is 1. The third kappa shape index (κ3) is 3.43. The zero-order chi connectivity index (χ0) is 52.4. The van der Waals surface area contributed by atoms with Crippen molar-refractivity contribution in [1.82, 2.24) is 0 Å². The van der Waals surface area contributed by atoms with E-state index in [1.54, 1.807) is 0 Å². The molecule has 0 amide bonds. The summed E-state index contributed by atoms with van der Waals surface area (Å²) in [4.78, 5) is 0. The number of ether oxygens (including phenoxy) is 1. The zero-order valence-electron chi connectivity index (χ0n) is 48.5. The molecule has 10 aromatic carbocycles. The number of benzene rings is 10. The minimum absolute atomic E-state index is 0.179. The summed E-state index contributed by atoms with van der Waals surface area (Å²) < 4.78 is 234. The first kappa shape index (κ1) is 11.3. The van der Waals surface area contributed by atoms with Crippen LogP contribution in [0.15, 0.2) is 157 Å². The largest absolute Gasteiger partial charge is 0.455 e. The van der Waals surface area contributed by atoms with Crippen molar-refractivity contribution in [3.63, 3.8) is 0 Å². The second-order valence-corrected chi connectivity index (χ2v) is 10.8. The van der Waals surface area contributed by atoms with Crippen LogP contribution in [-0.2, 0) is 0 Å². The van der Waals surface area contributed by atoms with E-state index in [0.717, 1.165) is 6.07 Å². The lowest BCUT2D eigenvalue weighted by molar-refractivity contribution is 0.493. The molecule has 0 atom stereocenters. The van der Waals surface area contributed by atoms with Gasteiger partial charge in [-0.1, -0.05) is 133 Å². The Labute approximate surface area is 306 Å². The number of hydrogen-bond donors (Lipinski definition) is 0. The van der Waals surface area contributed by atoms with Crippen molar-refractivity contribution < 1.29 is 39.0 Å². The molecule has 1 heteroatoms. The summed E-state index contributed by atoms with van der Waals surface area (Å²) >= 11 is 0. The van der Waals surface area contributed by atoms with Gasteiger partial charge in [-0.15, -0.1) is 0 Å². The number of rotatable bonds is 2. The van der Waals surface area contributed by atoms with Crippen molar-refractivity contribution in [3.8, 4) is 44.9 Å². The van der Waals surface area contributed by atoms with Gasteiger partial charge in [-0.05, 0) is 106 Å². The maximum absolute atomic E-state index is 10.1. The van der Waals surface area contributed by atoms with E-state index in [-0.39, 0.29) is 38.1 Å². The molecule has 1 aliphatic rings. The van der Waals surface area contributed by atoms with Crippen LogP contribution in [0.25, 0.3) is 98.0 Å². The molecule has 47 heavy (non-hydrogen) atoms. The predicted octanol–water partition coefficient (Wildman–Crippen LogP) is 13.2. The van der Waals surface area contributed by atoms with E-state index in [9.17, 15) is 16.4 Å². The molecule has 10 aromatic rings. The topological polar surface area (TPSA) is 9.23 Å². The van der Waals surface area contributed by atoms with Crippen LogP contribution in [0.1, 0.15) is 34.3 Å². The lowest BCUT2D eigenvalue weighted by Crippen LogP contribution is -1.99. The normalized spacial score (nSPS) is 19.9. The molecule has 0 N–H and O–H groups in total. The Bertz CT molecular complexity index is 4330. The van der Waals surface area contributed by atoms with Crippen LogP contribution in [0.3, 0.4) is 0 Å². The summed E-state index contributed by atoms with van der Waals surface area (Å²) in [6, 6.07) is -18.5. The molecule has 0 aliphatic carbocycles. The third-order valence-corrected chi connectivity index (χ3v) is 8.39. The molecule has 0 saturated heterocycles. The summed E-state index contributed by atoms with van der Waals surface area (Å²) in [5, 5.41) is -5.05. The Kier molecular flexibility index (Phi) is 2.20. The van der Waals surface area contributed by atoms with Crippen LogP contribution >= 0.6 is 0 Å². The van der Waals surface area contributed by atoms with Crippen LogP contribution < -0.4 is 4.74 Å². The summed E-state index contributed by atoms with van der Waals surface area (Å²) in [7, 11) is 0. The van der Waals surface area contributed by atoms with Gasteiger partial charge in [-0.3, -0.25) is 0 Å². The summed E-state index contributed by atoms with van der Waals surface area (Å²) in [6.45, 7) is 0. The van der Waals surface area contributed by atoms with Gasteiger partial charge in [-0.25, -0.2) is 0 Å². The standard InChI is InChI=1S/C46H26O/c1-4-12-35-27(7-1)17-22-40-38-14-6-13-37-36(23-24-42(45(37)38)47-46(35)40)41-26-32(25-31-8-2-3-11-33(31)41)34-20-18-30-16-15-28-9-5-10-29-19-21-39(34)44(30)43(28)29/h1-26H/i1D,2D,3D,4D,5D,6D,7D,8D,9D,10D,11D,12D,13D,14D,15D,16D,18D,19D,20D,21D,22D,23D,24D,25D,26D. The van der Waals surface area contributed by atoms with Crippen molar-refractivity contribution in [1.29, 1.82) is 0 Å². The van der Waals surface area contributed by atoms with Gasteiger partial charge in [0.2, 0.25) is 0 Å². The molecule has 1 heterocycles. The maximum Gasteiger partial charge on any atom is 0.143 e. The van der Waals surface area contributed by atoms with Crippen LogP contribution in [0.4, 0.5) is 0 Å². The highest BCUT2D eigenvalue weighted by molar-refractivity contribution is 6.26. The molecule has 0 aromatic heterocycles. The quantitative estimate of drug-likeness (QED) is 0.175. The highest BCUT2D eigenvalue weighted by Gasteiger charge is 2.24. The van der Waals surface area contributed by atoms with E-state index in [2.05, 4.69) is 0 Å². The Hall–Kier alpha value is -6.18. The van der Waals surface area contributed by atoms with Gasteiger partial charge in [-0.2, -0.15) is 0 Å². The minimum atomic E-state index is -0.972. The van der Waals surface area contributed by atoms with Crippen molar-refractivity contribution in [2.24, 2.45) is 0 Å². The fourth-order valence-electron chi connectivity index (χ4n) is 6.35. The summed E-state index contributed by atoms with van der Waals surface area (Å²) in [5.41, 5.74) is -3.49. The molecule has 216 valence electrons. The Morgan fingerprint density at radius 3 is 1.91 bits per heavy atom. The lowest BCUT2D eigenvalue weighted by Gasteiger charge is -2.24. The minimum Gasteiger partial charge on any atom is -0.455 e. The maximum atomic E-state index is 10.1. The lowest BCUT2D eigenvalue weighted by atomic mass is 9.85. The van der Waals surface area contributed by atoms with E-state index in [1.165, 1.54) is 0 Å². The molecular weight excluding hydrogens is 569 g/mol. The molecule has 0 fully saturated rings. The van der Waals surface area contributed by atoms with E-state index < -0.39 is 223 Å². The molecule has 1 aliphatic heterocycles. The molecule has 0 bridgehead atoms. The van der Waals surface area contributed by atoms with Crippen molar-refractivity contribution in [3.05, 3.63) is 157 Å². The SMILES string of the molecule is [2H]c1cc2c([2H])c([2H])c([2H])c([2H])c2c2c1-c1c([2H])c([2H])c([2H])c3c(-c4c([2H])c(-c5c([2H])c([2H])c6c([2H])c([2H])c7c([2H])c([2H])c([2H])c8c([2H])c([2H])c5c6c78)c([2H])c5c([2H])c([2H])c([2H])c([2H])c45)c([2H])c([2H])c(c13)O2. The van der Waals surface area contributed by atoms with Crippen LogP contribution in [-0.4, -0.2) is 0 Å². The van der Waals surface area contributed by atoms with E-state index in [1.807, 2.05) is 0 Å². The van der Waals surface area contributed by atoms with Gasteiger partial charge in [0, 0.05) is 16.3 Å². The van der Waals surface area contributed by atoms with Crippen molar-refractivity contribution in [2.75, 3.05) is 0 Å². The second kappa shape index (κ2) is 9.19. The highest BCUT2D eigenvalue weighted by atomic mass is 16.5. The Morgan fingerprint density at radius 2 is 1.02 bits per heavy atom. The first-order valence-electron chi connectivity index (χ1n) is 26.7. The van der Waals surface area contributed by atoms with Gasteiger partial charge >= 0.3 is 0 Å². The van der Waals surface area contributed by atoms with Crippen molar-refractivity contribution >= 4 is 64.6 Å². The third-order valence-electron chi connectivity index (χ3n) is 8.39. The monoisotopic (exact) mass is 619 g/mol. The van der Waals surface area contributed by atoms with Gasteiger partial charge in [0.25, 0.3) is 0 Å². The van der Waals surface area contributed by atoms with E-state index in [4.69, 9.17) is 22.6 Å². The molecule has 0 radical (unpaired) electrons. The second-order valence-electron chi connectivity index (χ2n) is 10.8. The molecule has 11 rings (SSSR count). The van der Waals surface area contributed by atoms with Gasteiger partial charge < -0.3 is 4.74 Å². The molecule has 1 nitrogen and oxygen atoms in total. The van der Waals surface area contributed by atoms with Crippen molar-refractivity contribution in [2.45, 2.75) is 0 Å². The first-order chi connectivity index (χ1) is 33.7. The Morgan fingerprint density at radius 1 is 0.362 bits per heavy atom. The van der Waals surface area contributed by atoms with Gasteiger partial charge in [0.1, 0.15) is 11.5 Å². The average molecular weight is 620 g/mol. The zero-order valence-corrected chi connectivity index (χ0v) is 23.5. The number of fused-ring (bicyclic) bond motifs is 5. The fourth-order valence-corrected chi connectivity index (χ4v) is 6.35. The smallest absolute Gasteiger partial charge is 0.143 e. The van der Waals surface area contributed by atoms with Crippen LogP contribution in [0.5, 0.6) is 11.5 Å². The molecule has 0 spiro atoms. The van der Waals surface area contributed by atoms with Gasteiger partial charge in [0.15, 0.2) is 0 Å². The predicted molar refractivity (Wildman–Crippen MR) is 199 cm³/mol. The highest BCUT2D eigenvalue weighted by Crippen LogP contribution is 2.51. The van der Waals surface area contributed by atoms with E-state index in [0.29, 0.717) is 0 Å². The van der Waals surface area contributed by atoms with Gasteiger partial charge in [0.05, 0.1) is 34.3 Å². The average Bonchev–Trinajstić information content (AvgIpc) is 3.34. The summed E-state index contributed by atoms with van der Waals surface area (Å²) in [5.74, 6) is -1.02.